The molecule has 3 aliphatic rings. The molecule has 194 valence electrons. The van der Waals surface area contributed by atoms with Crippen LogP contribution >= 0.6 is 0 Å². The Kier molecular flexibility index (Phi) is 6.29. The van der Waals surface area contributed by atoms with Gasteiger partial charge >= 0.3 is 0 Å². The number of aromatic nitrogens is 3. The van der Waals surface area contributed by atoms with Crippen molar-refractivity contribution in [2.24, 2.45) is 5.92 Å². The number of quaternary nitrogens is 1. The zero-order valence-electron chi connectivity index (χ0n) is 20.3. The van der Waals surface area contributed by atoms with Crippen LogP contribution in [0.2, 0.25) is 0 Å². The lowest BCUT2D eigenvalue weighted by Gasteiger charge is -2.36. The molecule has 5 heterocycles. The first-order valence-corrected chi connectivity index (χ1v) is 12.1. The summed E-state index contributed by atoms with van der Waals surface area (Å²) in [5.74, 6) is -0.843. The maximum atomic E-state index is 15.0. The molecule has 0 aliphatic carbocycles. The largest absolute Gasteiger partial charge is 0.381 e. The van der Waals surface area contributed by atoms with Gasteiger partial charge in [-0.2, -0.15) is 0 Å². The molecule has 2 amide bonds. The maximum absolute atomic E-state index is 15.0. The number of carbonyl (C=O) groups is 2. The monoisotopic (exact) mass is 505 g/mol. The predicted octanol–water partition coefficient (Wildman–Crippen LogP) is 0.902. The molecule has 2 aromatic rings. The normalized spacial score (nSPS) is 22.0. The fraction of sp³-hybridized carbons (Fsp3) is 0.565. The third-order valence-corrected chi connectivity index (χ3v) is 7.07. The number of hydrogen-bond donors (Lipinski definition) is 3. The number of piperidine rings is 1. The molecule has 2 aromatic heterocycles. The molecule has 13 heteroatoms. The number of amides is 2. The van der Waals surface area contributed by atoms with Gasteiger partial charge in [-0.1, -0.05) is 0 Å². The number of nitrogens with two attached hydrogens (primary N) is 1. The van der Waals surface area contributed by atoms with Crippen LogP contribution in [0.4, 0.5) is 31.8 Å². The molecule has 1 unspecified atom stereocenters. The molecule has 11 nitrogen and oxygen atoms in total. The van der Waals surface area contributed by atoms with Crippen molar-refractivity contribution in [3.63, 3.8) is 0 Å². The second-order valence-electron chi connectivity index (χ2n) is 10.2. The number of nitrogens with zero attached hydrogens (tertiary/aromatic N) is 5. The van der Waals surface area contributed by atoms with Crippen molar-refractivity contribution in [2.45, 2.75) is 31.6 Å². The zero-order valence-corrected chi connectivity index (χ0v) is 20.3. The summed E-state index contributed by atoms with van der Waals surface area (Å²) in [5, 5.41) is 9.91. The van der Waals surface area contributed by atoms with Crippen molar-refractivity contribution in [3.8, 4) is 0 Å². The quantitative estimate of drug-likeness (QED) is 0.516. The Balaban J connectivity index is 1.34. The van der Waals surface area contributed by atoms with E-state index >= 15 is 0 Å². The molecule has 3 aliphatic heterocycles. The van der Waals surface area contributed by atoms with Crippen molar-refractivity contribution in [1.29, 1.82) is 0 Å². The number of halogens is 2. The van der Waals surface area contributed by atoms with Gasteiger partial charge in [-0.3, -0.25) is 19.1 Å². The fourth-order valence-corrected chi connectivity index (χ4v) is 5.29. The summed E-state index contributed by atoms with van der Waals surface area (Å²) in [4.78, 5) is 31.6. The van der Waals surface area contributed by atoms with Crippen LogP contribution in [0.1, 0.15) is 23.2 Å². The molecule has 5 rings (SSSR count). The van der Waals surface area contributed by atoms with E-state index in [0.29, 0.717) is 45.0 Å². The average molecular weight is 506 g/mol. The molecule has 0 radical (unpaired) electrons. The lowest BCUT2D eigenvalue weighted by molar-refractivity contribution is -0.129. The van der Waals surface area contributed by atoms with E-state index < -0.39 is 17.9 Å². The minimum absolute atomic E-state index is 0.00982. The molecule has 0 saturated carbocycles. The predicted molar refractivity (Wildman–Crippen MR) is 130 cm³/mol. The van der Waals surface area contributed by atoms with Gasteiger partial charge in [0, 0.05) is 19.0 Å². The van der Waals surface area contributed by atoms with Crippen LogP contribution in [0.15, 0.2) is 12.4 Å². The van der Waals surface area contributed by atoms with Crippen LogP contribution in [0.25, 0.3) is 0 Å². The van der Waals surface area contributed by atoms with Gasteiger partial charge in [0.2, 0.25) is 11.7 Å². The molecular formula is C23H31F2N8O3+. The second kappa shape index (κ2) is 9.28. The molecule has 4 N–H and O–H groups in total. The number of nitrogen functional groups attached to an aromatic ring is 1. The number of ether oxygens (including phenoxy) is 1. The lowest BCUT2D eigenvalue weighted by atomic mass is 9.95. The van der Waals surface area contributed by atoms with Crippen LogP contribution in [-0.2, 0) is 16.1 Å². The topological polar surface area (TPSA) is 127 Å². The average Bonchev–Trinajstić information content (AvgIpc) is 3.12. The number of pyridine rings is 1. The summed E-state index contributed by atoms with van der Waals surface area (Å²) in [6, 6.07) is 0.0661. The van der Waals surface area contributed by atoms with Crippen LogP contribution in [0.3, 0.4) is 0 Å². The van der Waals surface area contributed by atoms with Gasteiger partial charge in [0.25, 0.3) is 5.91 Å². The van der Waals surface area contributed by atoms with E-state index in [1.54, 1.807) is 14.1 Å². The fourth-order valence-electron chi connectivity index (χ4n) is 5.29. The van der Waals surface area contributed by atoms with Gasteiger partial charge in [0.1, 0.15) is 12.2 Å². The van der Waals surface area contributed by atoms with Crippen molar-refractivity contribution in [3.05, 3.63) is 23.8 Å². The van der Waals surface area contributed by atoms with E-state index in [4.69, 9.17) is 10.5 Å². The summed E-state index contributed by atoms with van der Waals surface area (Å²) in [6.07, 6.45) is 2.46. The van der Waals surface area contributed by atoms with Crippen LogP contribution in [0, 0.1) is 11.7 Å². The van der Waals surface area contributed by atoms with Gasteiger partial charge in [-0.15, -0.1) is 5.10 Å². The highest BCUT2D eigenvalue weighted by atomic mass is 19.1. The summed E-state index contributed by atoms with van der Waals surface area (Å²) in [7, 11) is 3.56. The molecule has 2 saturated heterocycles. The smallest absolute Gasteiger partial charge is 0.267 e. The van der Waals surface area contributed by atoms with E-state index in [0.717, 1.165) is 6.20 Å². The Morgan fingerprint density at radius 3 is 2.61 bits per heavy atom. The molecule has 36 heavy (non-hydrogen) atoms. The first-order valence-electron chi connectivity index (χ1n) is 12.1. The van der Waals surface area contributed by atoms with Gasteiger partial charge in [-0.25, -0.2) is 13.5 Å². The van der Waals surface area contributed by atoms with E-state index in [2.05, 4.69) is 20.7 Å². The van der Waals surface area contributed by atoms with Crippen LogP contribution in [-0.4, -0.2) is 85.7 Å². The minimum atomic E-state index is -1.12. The minimum Gasteiger partial charge on any atom is -0.381 e. The molecule has 0 bridgehead atoms. The molecular weight excluding hydrogens is 474 g/mol. The van der Waals surface area contributed by atoms with Gasteiger partial charge in [-0.05, 0) is 12.8 Å². The van der Waals surface area contributed by atoms with Gasteiger partial charge < -0.3 is 26.0 Å². The Labute approximate surface area is 207 Å². The van der Waals surface area contributed by atoms with Crippen molar-refractivity contribution < 1.29 is 23.1 Å². The van der Waals surface area contributed by atoms with Crippen LogP contribution < -0.4 is 25.8 Å². The second-order valence-corrected chi connectivity index (χ2v) is 10.2. The first kappa shape index (κ1) is 24.4. The first-order chi connectivity index (χ1) is 17.1. The summed E-state index contributed by atoms with van der Waals surface area (Å²) in [5.41, 5.74) is 6.61. The number of alkyl halides is 1. The van der Waals surface area contributed by atoms with Crippen molar-refractivity contribution in [1.82, 2.24) is 24.6 Å². The third kappa shape index (κ3) is 4.48. The van der Waals surface area contributed by atoms with Crippen LogP contribution in [0.5, 0.6) is 0 Å². The highest BCUT2D eigenvalue weighted by molar-refractivity contribution is 6.11. The number of fused-ring (bicyclic) bond motifs is 1. The summed E-state index contributed by atoms with van der Waals surface area (Å²) in [6.45, 7) is 2.13. The zero-order chi connectivity index (χ0) is 25.6. The molecule has 1 atom stereocenters. The molecule has 2 fully saturated rings. The van der Waals surface area contributed by atoms with E-state index in [1.165, 1.54) is 10.9 Å². The number of nitrogens with one attached hydrogen (secondary N) is 2. The molecule has 0 spiro atoms. The number of anilines is 3. The standard InChI is InChI=1S/C23H30F2N8O3/c1-33(2)10-14(24)9-32-23(33)18(20(26)30-32)22(35)29-17-8-27-7-16(25)19(17)31-5-3-13(4-6-31)21(34)28-15-11-36-12-15/h7-8,13-15H,3-6,9-12H2,1-2H3,(H3-,26,28,29,30,34,35)/p+1. The Morgan fingerprint density at radius 1 is 1.22 bits per heavy atom. The lowest BCUT2D eigenvalue weighted by Crippen LogP contribution is -2.52. The summed E-state index contributed by atoms with van der Waals surface area (Å²) < 4.78 is 35.8. The van der Waals surface area contributed by atoms with E-state index in [1.807, 2.05) is 4.90 Å². The third-order valence-electron chi connectivity index (χ3n) is 7.07. The van der Waals surface area contributed by atoms with E-state index in [9.17, 15) is 18.4 Å². The summed E-state index contributed by atoms with van der Waals surface area (Å²) >= 11 is 0. The Morgan fingerprint density at radius 2 is 1.94 bits per heavy atom. The highest BCUT2D eigenvalue weighted by Crippen LogP contribution is 2.36. The SMILES string of the molecule is C[N+]1(C)CC(F)Cn2nc(N)c(C(=O)Nc3cncc(F)c3N3CCC(C(=O)NC4COC4)CC3)c21. The number of rotatable bonds is 5. The number of hydrogen-bond acceptors (Lipinski definition) is 7. The van der Waals surface area contributed by atoms with Gasteiger partial charge in [0.15, 0.2) is 23.4 Å². The van der Waals surface area contributed by atoms with E-state index in [-0.39, 0.29) is 58.2 Å². The maximum Gasteiger partial charge on any atom is 0.267 e. The Bertz CT molecular complexity index is 1170. The highest BCUT2D eigenvalue weighted by Gasteiger charge is 2.41. The number of carbonyl (C=O) groups excluding carboxylic acids is 2. The van der Waals surface area contributed by atoms with Gasteiger partial charge in [0.05, 0.1) is 58.0 Å². The molecule has 0 aromatic carbocycles. The van der Waals surface area contributed by atoms with Crippen molar-refractivity contribution in [2.75, 3.05) is 62.9 Å². The van der Waals surface area contributed by atoms with Crippen molar-refractivity contribution >= 4 is 34.8 Å². The Hall–Kier alpha value is -3.32.